The van der Waals surface area contributed by atoms with E-state index in [2.05, 4.69) is 10.6 Å². The van der Waals surface area contributed by atoms with Gasteiger partial charge >= 0.3 is 0 Å². The molecule has 1 heterocycles. The molecule has 0 radical (unpaired) electrons. The number of rotatable bonds is 9. The third-order valence-electron chi connectivity index (χ3n) is 6.55. The number of piperidine rings is 1. The maximum atomic E-state index is 13.6. The highest BCUT2D eigenvalue weighted by Gasteiger charge is 2.40. The molecule has 3 N–H and O–H groups in total. The van der Waals surface area contributed by atoms with E-state index in [9.17, 15) is 24.4 Å². The molecule has 182 valence electrons. The Bertz CT molecular complexity index is 672. The Hall–Kier alpha value is -2.16. The minimum absolute atomic E-state index is 0.102. The summed E-state index contributed by atoms with van der Waals surface area (Å²) in [6.07, 6.45) is 7.24. The van der Waals surface area contributed by atoms with Crippen LogP contribution < -0.4 is 10.6 Å². The minimum atomic E-state index is -0.793. The van der Waals surface area contributed by atoms with Crippen molar-refractivity contribution in [3.8, 4) is 0 Å². The van der Waals surface area contributed by atoms with Gasteiger partial charge in [0.2, 0.25) is 24.1 Å². The van der Waals surface area contributed by atoms with Crippen molar-refractivity contribution in [1.82, 2.24) is 20.6 Å². The quantitative estimate of drug-likeness (QED) is 0.281. The largest absolute Gasteiger partial charge is 0.344 e. The smallest absolute Gasteiger partial charge is 0.247 e. The zero-order chi connectivity index (χ0) is 23.9. The first-order valence-corrected chi connectivity index (χ1v) is 11.8. The van der Waals surface area contributed by atoms with Crippen molar-refractivity contribution in [2.75, 3.05) is 13.1 Å². The highest BCUT2D eigenvalue weighted by molar-refractivity contribution is 5.89. The molecule has 0 aromatic rings. The molecule has 2 aliphatic rings. The topological polar surface area (TPSA) is 119 Å². The van der Waals surface area contributed by atoms with E-state index in [1.807, 2.05) is 20.8 Å². The highest BCUT2D eigenvalue weighted by Crippen LogP contribution is 2.31. The maximum absolute atomic E-state index is 13.6. The van der Waals surface area contributed by atoms with E-state index < -0.39 is 17.4 Å². The van der Waals surface area contributed by atoms with Gasteiger partial charge in [-0.05, 0) is 37.0 Å². The van der Waals surface area contributed by atoms with Gasteiger partial charge in [-0.15, -0.1) is 0 Å². The van der Waals surface area contributed by atoms with Crippen LogP contribution in [0, 0.1) is 17.3 Å². The molecule has 3 atom stereocenters. The van der Waals surface area contributed by atoms with Crippen LogP contribution in [-0.4, -0.2) is 64.6 Å². The molecule has 9 heteroatoms. The first-order chi connectivity index (χ1) is 15.0. The van der Waals surface area contributed by atoms with E-state index in [1.165, 1.54) is 6.92 Å². The molecule has 2 rings (SSSR count). The summed E-state index contributed by atoms with van der Waals surface area (Å²) in [6, 6.07) is -0.793. The molecular formula is C23H40N4O5. The predicted molar refractivity (Wildman–Crippen MR) is 119 cm³/mol. The fourth-order valence-corrected chi connectivity index (χ4v) is 4.84. The number of hydrogen-bond donors (Lipinski definition) is 3. The van der Waals surface area contributed by atoms with Crippen LogP contribution in [0.25, 0.3) is 0 Å². The number of carbonyl (C=O) groups excluding carboxylic acids is 4. The average molecular weight is 453 g/mol. The fraction of sp³-hybridized carbons (Fsp3) is 0.826. The zero-order valence-corrected chi connectivity index (χ0v) is 19.9. The fourth-order valence-electron chi connectivity index (χ4n) is 4.84. The molecule has 1 saturated carbocycles. The third-order valence-corrected chi connectivity index (χ3v) is 6.55. The lowest BCUT2D eigenvalue weighted by atomic mass is 9.84. The molecular weight excluding hydrogens is 412 g/mol. The van der Waals surface area contributed by atoms with Crippen molar-refractivity contribution in [2.24, 2.45) is 17.3 Å². The van der Waals surface area contributed by atoms with E-state index in [-0.39, 0.29) is 30.4 Å². The second kappa shape index (κ2) is 11.6. The second-order valence-corrected chi connectivity index (χ2v) is 10.4. The van der Waals surface area contributed by atoms with Crippen LogP contribution in [0.4, 0.5) is 0 Å². The molecule has 1 aliphatic heterocycles. The van der Waals surface area contributed by atoms with Gasteiger partial charge in [-0.25, -0.2) is 5.06 Å². The van der Waals surface area contributed by atoms with E-state index in [0.29, 0.717) is 36.8 Å². The molecule has 0 spiro atoms. The molecule has 0 aromatic heterocycles. The van der Waals surface area contributed by atoms with Crippen LogP contribution in [0.2, 0.25) is 0 Å². The van der Waals surface area contributed by atoms with Gasteiger partial charge in [-0.1, -0.05) is 46.5 Å². The van der Waals surface area contributed by atoms with E-state index in [4.69, 9.17) is 0 Å². The normalized spacial score (nSPS) is 21.5. The van der Waals surface area contributed by atoms with E-state index in [0.717, 1.165) is 38.5 Å². The van der Waals surface area contributed by atoms with Gasteiger partial charge in [-0.2, -0.15) is 0 Å². The molecule has 4 amide bonds. The first-order valence-electron chi connectivity index (χ1n) is 11.8. The zero-order valence-electron chi connectivity index (χ0n) is 19.9. The van der Waals surface area contributed by atoms with Crippen LogP contribution in [-0.2, 0) is 19.2 Å². The number of likely N-dealkylation sites (tertiary alicyclic amines) is 1. The minimum Gasteiger partial charge on any atom is -0.344 e. The van der Waals surface area contributed by atoms with Gasteiger partial charge in [0.25, 0.3) is 0 Å². The van der Waals surface area contributed by atoms with Crippen molar-refractivity contribution in [3.63, 3.8) is 0 Å². The van der Waals surface area contributed by atoms with E-state index in [1.54, 1.807) is 4.90 Å². The molecule has 9 nitrogen and oxygen atoms in total. The highest BCUT2D eigenvalue weighted by atomic mass is 16.5. The first kappa shape index (κ1) is 26.1. The second-order valence-electron chi connectivity index (χ2n) is 10.4. The summed E-state index contributed by atoms with van der Waals surface area (Å²) in [7, 11) is 0. The van der Waals surface area contributed by atoms with Gasteiger partial charge in [0.05, 0.1) is 12.5 Å². The number of nitrogens with zero attached hydrogens (tertiary/aromatic N) is 2. The number of nitrogens with one attached hydrogen (secondary N) is 2. The van der Waals surface area contributed by atoms with Gasteiger partial charge < -0.3 is 15.5 Å². The van der Waals surface area contributed by atoms with Crippen LogP contribution in [0.1, 0.15) is 79.1 Å². The summed E-state index contributed by atoms with van der Waals surface area (Å²) in [5.74, 6) is -0.974. The Morgan fingerprint density at radius 2 is 1.75 bits per heavy atom. The van der Waals surface area contributed by atoms with E-state index >= 15 is 0 Å². The Kier molecular flexibility index (Phi) is 9.48. The lowest BCUT2D eigenvalue weighted by Gasteiger charge is -2.41. The third kappa shape index (κ3) is 7.46. The van der Waals surface area contributed by atoms with Crippen LogP contribution in [0.15, 0.2) is 0 Å². The van der Waals surface area contributed by atoms with Crippen molar-refractivity contribution in [2.45, 2.75) is 91.3 Å². The lowest BCUT2D eigenvalue weighted by molar-refractivity contribution is -0.156. The summed E-state index contributed by atoms with van der Waals surface area (Å²) < 4.78 is 0. The Morgan fingerprint density at radius 3 is 2.31 bits per heavy atom. The Balaban J connectivity index is 2.18. The average Bonchev–Trinajstić information content (AvgIpc) is 3.23. The lowest BCUT2D eigenvalue weighted by Crippen LogP contribution is -2.61. The van der Waals surface area contributed by atoms with Crippen LogP contribution >= 0.6 is 0 Å². The summed E-state index contributed by atoms with van der Waals surface area (Å²) in [5, 5.41) is 16.0. The van der Waals surface area contributed by atoms with Gasteiger partial charge in [0.15, 0.2) is 0 Å². The molecule has 1 aliphatic carbocycles. The standard InChI is InChI=1S/C23H40N4O5/c1-16(29)24-19-11-7-8-12-27(19)22(31)20(23(2,3)4)25-21(30)18(14-26(32)15-28)13-17-9-5-6-10-17/h15,17-20,32H,5-14H2,1-4H3,(H,24,29)(H,25,30)/t18?,19?,20-/m1/s1. The molecule has 2 unspecified atom stereocenters. The van der Waals surface area contributed by atoms with Crippen LogP contribution in [0.5, 0.6) is 0 Å². The van der Waals surface area contributed by atoms with Crippen LogP contribution in [0.3, 0.4) is 0 Å². The Labute approximate surface area is 191 Å². The molecule has 32 heavy (non-hydrogen) atoms. The van der Waals surface area contributed by atoms with Gasteiger partial charge in [0.1, 0.15) is 12.2 Å². The monoisotopic (exact) mass is 452 g/mol. The Morgan fingerprint density at radius 1 is 1.12 bits per heavy atom. The van der Waals surface area contributed by atoms with Crippen molar-refractivity contribution in [1.29, 1.82) is 0 Å². The van der Waals surface area contributed by atoms with Crippen molar-refractivity contribution in [3.05, 3.63) is 0 Å². The summed E-state index contributed by atoms with van der Waals surface area (Å²) in [4.78, 5) is 51.1. The van der Waals surface area contributed by atoms with Gasteiger partial charge in [0, 0.05) is 13.5 Å². The van der Waals surface area contributed by atoms with Crippen molar-refractivity contribution < 1.29 is 24.4 Å². The number of carbonyl (C=O) groups is 4. The summed E-state index contributed by atoms with van der Waals surface area (Å²) in [5.41, 5.74) is -0.563. The maximum Gasteiger partial charge on any atom is 0.247 e. The van der Waals surface area contributed by atoms with Crippen molar-refractivity contribution >= 4 is 24.1 Å². The SMILES string of the molecule is CC(=O)NC1CCCCN1C(=O)[C@@H](NC(=O)C(CC1CCCC1)CN(O)C=O)C(C)(C)C. The molecule has 0 bridgehead atoms. The summed E-state index contributed by atoms with van der Waals surface area (Å²) in [6.45, 7) is 7.53. The number of hydrogen-bond acceptors (Lipinski definition) is 5. The molecule has 1 saturated heterocycles. The number of amides is 4. The molecule has 0 aromatic carbocycles. The van der Waals surface area contributed by atoms with Gasteiger partial charge in [-0.3, -0.25) is 24.4 Å². The summed E-state index contributed by atoms with van der Waals surface area (Å²) >= 11 is 0. The predicted octanol–water partition coefficient (Wildman–Crippen LogP) is 2.04. The molecule has 2 fully saturated rings. The number of hydroxylamine groups is 2.